The number of nitrogens with zero attached hydrogens (tertiary/aromatic N) is 3. The predicted molar refractivity (Wildman–Crippen MR) is 207 cm³/mol. The van der Waals surface area contributed by atoms with E-state index in [-0.39, 0.29) is 31.6 Å². The van der Waals surface area contributed by atoms with Crippen molar-refractivity contribution >= 4 is 64.6 Å². The molecule has 0 bridgehead atoms. The van der Waals surface area contributed by atoms with E-state index >= 15 is 0 Å². The highest BCUT2D eigenvalue weighted by Crippen LogP contribution is 2.48. The molecule has 3 amide bonds. The third-order valence-corrected chi connectivity index (χ3v) is 8.64. The van der Waals surface area contributed by atoms with Gasteiger partial charge in [0.25, 0.3) is 5.91 Å². The molecule has 1 heterocycles. The van der Waals surface area contributed by atoms with Crippen molar-refractivity contribution in [3.63, 3.8) is 0 Å². The molecule has 1 aromatic heterocycles. The highest BCUT2D eigenvalue weighted by Gasteiger charge is 2.45. The first-order valence-electron chi connectivity index (χ1n) is 17.7. The molecule has 1 saturated carbocycles. The van der Waals surface area contributed by atoms with E-state index in [0.717, 1.165) is 18.4 Å². The molecule has 3 aromatic carbocycles. The van der Waals surface area contributed by atoms with Crippen molar-refractivity contribution in [3.8, 4) is 6.01 Å². The fourth-order valence-electron chi connectivity index (χ4n) is 5.25. The number of alkyl halides is 3. The highest BCUT2D eigenvalue weighted by atomic mass is 35.5. The van der Waals surface area contributed by atoms with Crippen molar-refractivity contribution in [2.75, 3.05) is 42.3 Å². The lowest BCUT2D eigenvalue weighted by Gasteiger charge is -2.25. The van der Waals surface area contributed by atoms with Gasteiger partial charge in [-0.05, 0) is 90.9 Å². The average Bonchev–Trinajstić information content (AvgIpc) is 3.95. The first-order valence-corrected chi connectivity index (χ1v) is 18.1. The fraction of sp³-hybridized carbons (Fsp3) is 0.308. The van der Waals surface area contributed by atoms with Gasteiger partial charge < -0.3 is 36.1 Å². The molecule has 0 unspecified atom stereocenters. The zero-order valence-electron chi connectivity index (χ0n) is 31.1. The minimum absolute atomic E-state index is 0.000548. The number of hydrogen-bond acceptors (Lipinski definition) is 11. The summed E-state index contributed by atoms with van der Waals surface area (Å²) >= 11 is 6.04. The second-order valence-electron chi connectivity index (χ2n) is 13.8. The molecule has 18 heteroatoms. The van der Waals surface area contributed by atoms with Gasteiger partial charge in [0.05, 0.1) is 12.1 Å². The number of amides is 3. The monoisotopic (exact) mass is 808 g/mol. The normalized spacial score (nSPS) is 13.3. The quantitative estimate of drug-likeness (QED) is 0.0480. The maximum Gasteiger partial charge on any atom is 0.422 e. The molecule has 0 atom stereocenters. The number of rotatable bonds is 16. The molecule has 0 radical (unpaired) electrons. The van der Waals surface area contributed by atoms with Crippen molar-refractivity contribution in [2.45, 2.75) is 45.3 Å². The van der Waals surface area contributed by atoms with Gasteiger partial charge in [-0.15, -0.1) is 0 Å². The largest absolute Gasteiger partial charge is 0.463 e. The molecule has 1 fully saturated rings. The highest BCUT2D eigenvalue weighted by molar-refractivity contribution is 6.39. The van der Waals surface area contributed by atoms with Crippen LogP contribution in [0.15, 0.2) is 78.9 Å². The number of carbonyl (C=O) groups excluding carboxylic acids is 4. The molecule has 5 N–H and O–H groups in total. The molecule has 5 rings (SSSR count). The van der Waals surface area contributed by atoms with Gasteiger partial charge in [0.1, 0.15) is 0 Å². The summed E-state index contributed by atoms with van der Waals surface area (Å²) in [6.07, 6.45) is -0.387. The number of ether oxygens (including phenoxy) is 2. The third kappa shape index (κ3) is 12.9. The van der Waals surface area contributed by atoms with Crippen LogP contribution in [0, 0.1) is 5.41 Å². The average molecular weight is 809 g/mol. The van der Waals surface area contributed by atoms with Gasteiger partial charge in [0, 0.05) is 41.1 Å². The standard InChI is InChI=1S/C39H40ClF3N8O6/c1-4-56-30(52)17-8-24-6-5-7-29(20-24)46-33(55)32(54)45-22-37(2,3)21-44-31(53)25-9-15-28(16-10-25)47-34-48-35(50-36(49-34)57-23-39(41,42)43)51-38(18-19-38)26-11-13-27(40)14-12-26/h5-17,20H,4,18-19,21-23H2,1-3H3,(H,44,53)(H,45,54)(H,46,55)(H2,47,48,49,50,51)/b17-8+. The lowest BCUT2D eigenvalue weighted by atomic mass is 9.93. The molecule has 0 saturated heterocycles. The third-order valence-electron chi connectivity index (χ3n) is 8.39. The van der Waals surface area contributed by atoms with Gasteiger partial charge in [0.2, 0.25) is 11.9 Å². The lowest BCUT2D eigenvalue weighted by Crippen LogP contribution is -2.44. The Balaban J connectivity index is 1.14. The second-order valence-corrected chi connectivity index (χ2v) is 14.2. The number of nitrogens with one attached hydrogen (secondary N) is 5. The van der Waals surface area contributed by atoms with Crippen LogP contribution in [-0.4, -0.2) is 71.1 Å². The van der Waals surface area contributed by atoms with Gasteiger partial charge in [-0.1, -0.05) is 49.7 Å². The Morgan fingerprint density at radius 2 is 1.54 bits per heavy atom. The molecule has 1 aliphatic carbocycles. The van der Waals surface area contributed by atoms with Crippen LogP contribution in [0.4, 0.5) is 36.4 Å². The maximum atomic E-state index is 13.0. The molecule has 0 spiro atoms. The second kappa shape index (κ2) is 18.1. The summed E-state index contributed by atoms with van der Waals surface area (Å²) < 4.78 is 48.6. The number of anilines is 4. The smallest absolute Gasteiger partial charge is 0.422 e. The first-order chi connectivity index (χ1) is 27.0. The maximum absolute atomic E-state index is 13.0. The topological polar surface area (TPSA) is 186 Å². The Morgan fingerprint density at radius 3 is 2.21 bits per heavy atom. The van der Waals surface area contributed by atoms with Crippen molar-refractivity contribution < 1.29 is 41.8 Å². The Labute approximate surface area is 331 Å². The Bertz CT molecular complexity index is 2110. The Morgan fingerprint density at radius 1 is 0.860 bits per heavy atom. The Kier molecular flexibility index (Phi) is 13.3. The van der Waals surface area contributed by atoms with Crippen LogP contribution in [0.25, 0.3) is 6.08 Å². The number of hydrogen-bond donors (Lipinski definition) is 5. The number of esters is 1. The Hall–Kier alpha value is -6.23. The van der Waals surface area contributed by atoms with Crippen molar-refractivity contribution in [1.29, 1.82) is 0 Å². The molecule has 300 valence electrons. The van der Waals surface area contributed by atoms with Gasteiger partial charge in [-0.2, -0.15) is 28.1 Å². The summed E-state index contributed by atoms with van der Waals surface area (Å²) in [6, 6.07) is 19.4. The summed E-state index contributed by atoms with van der Waals surface area (Å²) in [6.45, 7) is 4.12. The van der Waals surface area contributed by atoms with E-state index in [0.29, 0.717) is 27.5 Å². The van der Waals surface area contributed by atoms with E-state index < -0.39 is 53.4 Å². The molecule has 0 aliphatic heterocycles. The van der Waals surface area contributed by atoms with Crippen LogP contribution in [-0.2, 0) is 24.7 Å². The van der Waals surface area contributed by atoms with E-state index in [4.69, 9.17) is 21.1 Å². The van der Waals surface area contributed by atoms with Gasteiger partial charge in [-0.25, -0.2) is 4.79 Å². The fourth-order valence-corrected chi connectivity index (χ4v) is 5.38. The first kappa shape index (κ1) is 41.9. The van der Waals surface area contributed by atoms with E-state index in [1.165, 1.54) is 24.3 Å². The summed E-state index contributed by atoms with van der Waals surface area (Å²) in [5.41, 5.74) is 1.39. The molecule has 4 aromatic rings. The van der Waals surface area contributed by atoms with Gasteiger partial charge in [0.15, 0.2) is 6.61 Å². The van der Waals surface area contributed by atoms with E-state index in [9.17, 15) is 32.3 Å². The van der Waals surface area contributed by atoms with E-state index in [1.807, 2.05) is 12.1 Å². The molecule has 57 heavy (non-hydrogen) atoms. The SMILES string of the molecule is CCOC(=O)/C=C/c1cccc(NC(=O)C(=O)NCC(C)(C)CNC(=O)c2ccc(Nc3nc(NC4(c5ccc(Cl)cc5)CC4)nc(OCC(F)(F)F)n3)cc2)c1. The van der Waals surface area contributed by atoms with Crippen LogP contribution in [0.3, 0.4) is 0 Å². The summed E-state index contributed by atoms with van der Waals surface area (Å²) in [4.78, 5) is 62.1. The zero-order valence-corrected chi connectivity index (χ0v) is 31.9. The summed E-state index contributed by atoms with van der Waals surface area (Å²) in [5.74, 6) is -2.79. The van der Waals surface area contributed by atoms with Crippen molar-refractivity contribution in [2.24, 2.45) is 5.41 Å². The molecular weight excluding hydrogens is 769 g/mol. The van der Waals surface area contributed by atoms with E-state index in [2.05, 4.69) is 41.5 Å². The number of benzene rings is 3. The lowest BCUT2D eigenvalue weighted by molar-refractivity contribution is -0.154. The van der Waals surface area contributed by atoms with Crippen LogP contribution in [0.5, 0.6) is 6.01 Å². The van der Waals surface area contributed by atoms with Crippen LogP contribution < -0.4 is 31.3 Å². The molecule has 14 nitrogen and oxygen atoms in total. The summed E-state index contributed by atoms with van der Waals surface area (Å²) in [5, 5.41) is 14.6. The van der Waals surface area contributed by atoms with Crippen LogP contribution >= 0.6 is 11.6 Å². The summed E-state index contributed by atoms with van der Waals surface area (Å²) in [7, 11) is 0. The van der Waals surface area contributed by atoms with Gasteiger partial charge in [-0.3, -0.25) is 14.4 Å². The van der Waals surface area contributed by atoms with E-state index in [1.54, 1.807) is 69.3 Å². The minimum atomic E-state index is -4.62. The molecule has 1 aliphatic rings. The van der Waals surface area contributed by atoms with Crippen LogP contribution in [0.1, 0.15) is 55.1 Å². The number of halogens is 4. The minimum Gasteiger partial charge on any atom is -0.463 e. The van der Waals surface area contributed by atoms with Gasteiger partial charge >= 0.3 is 30.0 Å². The zero-order chi connectivity index (χ0) is 41.2. The molecular formula is C39H40ClF3N8O6. The number of carbonyl (C=O) groups is 4. The van der Waals surface area contributed by atoms with Crippen molar-refractivity contribution in [3.05, 3.63) is 101 Å². The number of aromatic nitrogens is 3. The van der Waals surface area contributed by atoms with Crippen molar-refractivity contribution in [1.82, 2.24) is 25.6 Å². The predicted octanol–water partition coefficient (Wildman–Crippen LogP) is 6.40. The van der Waals surface area contributed by atoms with Crippen LogP contribution in [0.2, 0.25) is 5.02 Å².